The number of amides is 1. The van der Waals surface area contributed by atoms with Crippen molar-refractivity contribution in [1.29, 1.82) is 0 Å². The van der Waals surface area contributed by atoms with Crippen LogP contribution < -0.4 is 4.74 Å². The lowest BCUT2D eigenvalue weighted by molar-refractivity contribution is 0.0721. The van der Waals surface area contributed by atoms with Crippen LogP contribution >= 0.6 is 11.3 Å². The van der Waals surface area contributed by atoms with E-state index in [0.717, 1.165) is 21.8 Å². The molecule has 0 saturated carbocycles. The topological polar surface area (TPSA) is 62.9 Å². The van der Waals surface area contributed by atoms with E-state index < -0.39 is 0 Å². The number of nitrogens with zero attached hydrogens (tertiary/aromatic N) is 1. The number of phenolic OH excluding ortho intramolecular Hbond substituents is 1. The summed E-state index contributed by atoms with van der Waals surface area (Å²) in [5, 5.41) is 10.2. The Hall–Kier alpha value is -3.51. The van der Waals surface area contributed by atoms with Gasteiger partial charge in [-0.15, -0.1) is 11.3 Å². The van der Waals surface area contributed by atoms with Gasteiger partial charge in [-0.2, -0.15) is 0 Å². The number of rotatable bonds is 5. The van der Waals surface area contributed by atoms with Crippen molar-refractivity contribution >= 4 is 17.2 Å². The molecular weight excluding hydrogens is 398 g/mol. The van der Waals surface area contributed by atoms with Crippen LogP contribution in [0.15, 0.2) is 77.4 Å². The molecule has 0 bridgehead atoms. The minimum Gasteiger partial charge on any atom is -0.508 e. The highest BCUT2D eigenvalue weighted by Gasteiger charge is 2.26. The van der Waals surface area contributed by atoms with Crippen molar-refractivity contribution in [2.75, 3.05) is 0 Å². The Morgan fingerprint density at radius 1 is 1.03 bits per heavy atom. The van der Waals surface area contributed by atoms with Crippen LogP contribution in [0.4, 0.5) is 0 Å². The SMILES string of the molecule is O=C(c1cc2c(s1)-c1ccccc1OC2)N(Cc1ccco1)Cc1ccccc1O. The fourth-order valence-corrected chi connectivity index (χ4v) is 4.77. The molecule has 0 unspecified atom stereocenters. The number of thiophene rings is 1. The van der Waals surface area contributed by atoms with Crippen LogP contribution in [0.25, 0.3) is 10.4 Å². The number of para-hydroxylation sites is 2. The van der Waals surface area contributed by atoms with Crippen LogP contribution in [0, 0.1) is 0 Å². The highest BCUT2D eigenvalue weighted by Crippen LogP contribution is 2.42. The number of carbonyl (C=O) groups excluding carboxylic acids is 1. The van der Waals surface area contributed by atoms with Crippen molar-refractivity contribution in [2.24, 2.45) is 0 Å². The zero-order chi connectivity index (χ0) is 20.5. The van der Waals surface area contributed by atoms with Crippen LogP contribution in [-0.2, 0) is 19.7 Å². The number of benzene rings is 2. The normalized spacial score (nSPS) is 12.0. The van der Waals surface area contributed by atoms with E-state index in [0.29, 0.717) is 29.4 Å². The molecule has 0 saturated heterocycles. The molecule has 5 nitrogen and oxygen atoms in total. The minimum absolute atomic E-state index is 0.105. The summed E-state index contributed by atoms with van der Waals surface area (Å²) in [4.78, 5) is 16.9. The Balaban J connectivity index is 1.48. The van der Waals surface area contributed by atoms with Gasteiger partial charge in [0.15, 0.2) is 0 Å². The van der Waals surface area contributed by atoms with Crippen molar-refractivity contribution in [3.63, 3.8) is 0 Å². The van der Waals surface area contributed by atoms with Gasteiger partial charge in [-0.1, -0.05) is 30.3 Å². The maximum Gasteiger partial charge on any atom is 0.264 e. The van der Waals surface area contributed by atoms with Crippen LogP contribution in [-0.4, -0.2) is 15.9 Å². The Labute approximate surface area is 177 Å². The lowest BCUT2D eigenvalue weighted by Crippen LogP contribution is -2.29. The van der Waals surface area contributed by atoms with Gasteiger partial charge in [-0.3, -0.25) is 4.79 Å². The smallest absolute Gasteiger partial charge is 0.264 e. The van der Waals surface area contributed by atoms with Gasteiger partial charge in [-0.05, 0) is 36.4 Å². The third-order valence-corrected chi connectivity index (χ3v) is 6.30. The van der Waals surface area contributed by atoms with E-state index in [1.165, 1.54) is 11.3 Å². The van der Waals surface area contributed by atoms with Crippen LogP contribution in [0.1, 0.15) is 26.6 Å². The number of aromatic hydroxyl groups is 1. The molecule has 5 rings (SSSR count). The van der Waals surface area contributed by atoms with Crippen molar-refractivity contribution in [1.82, 2.24) is 4.90 Å². The molecule has 2 aromatic heterocycles. The highest BCUT2D eigenvalue weighted by molar-refractivity contribution is 7.17. The van der Waals surface area contributed by atoms with Gasteiger partial charge in [0, 0.05) is 21.6 Å². The summed E-state index contributed by atoms with van der Waals surface area (Å²) in [6.45, 7) is 1.05. The third-order valence-electron chi connectivity index (χ3n) is 5.10. The first-order chi connectivity index (χ1) is 14.7. The molecule has 6 heteroatoms. The predicted molar refractivity (Wildman–Crippen MR) is 114 cm³/mol. The van der Waals surface area contributed by atoms with E-state index >= 15 is 0 Å². The molecule has 2 aromatic carbocycles. The molecule has 1 aliphatic heterocycles. The number of phenols is 1. The van der Waals surface area contributed by atoms with Gasteiger partial charge in [0.2, 0.25) is 0 Å². The second-order valence-corrected chi connectivity index (χ2v) is 8.17. The molecule has 4 aromatic rings. The summed E-state index contributed by atoms with van der Waals surface area (Å²) >= 11 is 1.48. The molecule has 1 amide bonds. The van der Waals surface area contributed by atoms with Crippen molar-refractivity contribution < 1.29 is 19.1 Å². The Morgan fingerprint density at radius 2 is 1.87 bits per heavy atom. The van der Waals surface area contributed by atoms with Crippen LogP contribution in [0.3, 0.4) is 0 Å². The maximum absolute atomic E-state index is 13.5. The van der Waals surface area contributed by atoms with Gasteiger partial charge in [0.25, 0.3) is 5.91 Å². The first-order valence-electron chi connectivity index (χ1n) is 9.62. The van der Waals surface area contributed by atoms with E-state index in [1.807, 2.05) is 48.5 Å². The van der Waals surface area contributed by atoms with E-state index in [-0.39, 0.29) is 18.2 Å². The lowest BCUT2D eigenvalue weighted by atomic mass is 10.1. The Bertz CT molecular complexity index is 1200. The summed E-state index contributed by atoms with van der Waals surface area (Å²) in [6.07, 6.45) is 1.59. The number of ether oxygens (including phenoxy) is 1. The van der Waals surface area contributed by atoms with Crippen LogP contribution in [0.5, 0.6) is 11.5 Å². The zero-order valence-electron chi connectivity index (χ0n) is 16.1. The zero-order valence-corrected chi connectivity index (χ0v) is 16.9. The Kier molecular flexibility index (Phi) is 4.77. The van der Waals surface area contributed by atoms with Gasteiger partial charge in [-0.25, -0.2) is 0 Å². The molecule has 1 aliphatic rings. The second-order valence-electron chi connectivity index (χ2n) is 7.12. The Morgan fingerprint density at radius 3 is 2.70 bits per heavy atom. The van der Waals surface area contributed by atoms with Crippen molar-refractivity contribution in [3.8, 4) is 21.9 Å². The fraction of sp³-hybridized carbons (Fsp3) is 0.125. The fourth-order valence-electron chi connectivity index (χ4n) is 3.60. The summed E-state index contributed by atoms with van der Waals surface area (Å²) in [5.74, 6) is 1.59. The van der Waals surface area contributed by atoms with Gasteiger partial charge < -0.3 is 19.2 Å². The summed E-state index contributed by atoms with van der Waals surface area (Å²) in [6, 6.07) is 20.5. The van der Waals surface area contributed by atoms with E-state index in [4.69, 9.17) is 9.15 Å². The van der Waals surface area contributed by atoms with Gasteiger partial charge in [0.05, 0.1) is 24.2 Å². The summed E-state index contributed by atoms with van der Waals surface area (Å²) in [5.41, 5.74) is 2.72. The average molecular weight is 417 g/mol. The largest absolute Gasteiger partial charge is 0.508 e. The standard InChI is InChI=1S/C24H19NO4S/c26-20-9-3-1-6-16(20)13-25(14-18-7-5-11-28-18)24(27)22-12-17-15-29-21-10-4-2-8-19(21)23(17)30-22/h1-12,26H,13-15H2. The monoisotopic (exact) mass is 417 g/mol. The quantitative estimate of drug-likeness (QED) is 0.469. The molecular formula is C24H19NO4S. The highest BCUT2D eigenvalue weighted by atomic mass is 32.1. The average Bonchev–Trinajstić information content (AvgIpc) is 3.44. The minimum atomic E-state index is -0.105. The third kappa shape index (κ3) is 3.46. The summed E-state index contributed by atoms with van der Waals surface area (Å²) < 4.78 is 11.3. The molecule has 1 N–H and O–H groups in total. The molecule has 0 spiro atoms. The van der Waals surface area contributed by atoms with Crippen molar-refractivity contribution in [3.05, 3.63) is 94.8 Å². The molecule has 0 aliphatic carbocycles. The summed E-state index contributed by atoms with van der Waals surface area (Å²) in [7, 11) is 0. The van der Waals surface area contributed by atoms with Crippen LogP contribution in [0.2, 0.25) is 0 Å². The second kappa shape index (κ2) is 7.72. The molecule has 0 atom stereocenters. The number of fused-ring (bicyclic) bond motifs is 3. The number of carbonyl (C=O) groups is 1. The lowest BCUT2D eigenvalue weighted by Gasteiger charge is -2.21. The number of hydrogen-bond donors (Lipinski definition) is 1. The van der Waals surface area contributed by atoms with Gasteiger partial charge in [0.1, 0.15) is 23.9 Å². The first-order valence-corrected chi connectivity index (χ1v) is 10.4. The predicted octanol–water partition coefficient (Wildman–Crippen LogP) is 5.45. The maximum atomic E-state index is 13.5. The van der Waals surface area contributed by atoms with Gasteiger partial charge >= 0.3 is 0 Å². The van der Waals surface area contributed by atoms with E-state index in [2.05, 4.69) is 0 Å². The van der Waals surface area contributed by atoms with Crippen molar-refractivity contribution in [2.45, 2.75) is 19.7 Å². The first kappa shape index (κ1) is 18.5. The molecule has 3 heterocycles. The molecule has 150 valence electrons. The molecule has 0 fully saturated rings. The van der Waals surface area contributed by atoms with E-state index in [1.54, 1.807) is 29.4 Å². The van der Waals surface area contributed by atoms with E-state index in [9.17, 15) is 9.90 Å². The molecule has 30 heavy (non-hydrogen) atoms. The molecule has 0 radical (unpaired) electrons. The number of hydrogen-bond acceptors (Lipinski definition) is 5. The number of furan rings is 1.